The smallest absolute Gasteiger partial charge is 0.239 e. The predicted octanol–water partition coefficient (Wildman–Crippen LogP) is 4.79. The highest BCUT2D eigenvalue weighted by molar-refractivity contribution is 9.09. The minimum absolute atomic E-state index is 0.102. The number of imide groups is 1. The number of Topliss-reactive ketones (excluding diaryl/α,β-unsaturated/α-hetero) is 1. The molecule has 31 heavy (non-hydrogen) atoms. The number of carbonyl (C=O) groups excluding carboxylic acids is 3. The molecule has 4 nitrogen and oxygen atoms in total. The van der Waals surface area contributed by atoms with Crippen LogP contribution in [0.3, 0.4) is 0 Å². The van der Waals surface area contributed by atoms with Crippen LogP contribution < -0.4 is 4.90 Å². The Morgan fingerprint density at radius 1 is 0.871 bits per heavy atom. The first kappa shape index (κ1) is 18.7. The number of amides is 2. The van der Waals surface area contributed by atoms with Crippen molar-refractivity contribution in [1.82, 2.24) is 0 Å². The van der Waals surface area contributed by atoms with E-state index in [9.17, 15) is 14.4 Å². The molecule has 152 valence electrons. The van der Waals surface area contributed by atoms with Crippen molar-refractivity contribution in [2.24, 2.45) is 11.8 Å². The normalized spacial score (nSPS) is 27.7. The minimum Gasteiger partial charge on any atom is -0.295 e. The standard InChI is InChI=1S/C26H18BrNO3/c1-14(29)15-7-6-8-16(13-15)28-24(30)22-21-17-9-2-4-11-19(17)26(27,23(22)25(28)31)20-12-5-3-10-18(20)21/h2-13,21-23H,1H3/t21?,22-,23-,26?/m1/s1. The van der Waals surface area contributed by atoms with Gasteiger partial charge in [0.2, 0.25) is 11.8 Å². The zero-order valence-electron chi connectivity index (χ0n) is 16.7. The monoisotopic (exact) mass is 471 g/mol. The summed E-state index contributed by atoms with van der Waals surface area (Å²) in [6.45, 7) is 1.48. The number of carbonyl (C=O) groups is 3. The van der Waals surface area contributed by atoms with E-state index in [1.54, 1.807) is 24.3 Å². The molecule has 0 spiro atoms. The molecule has 3 aromatic carbocycles. The van der Waals surface area contributed by atoms with Gasteiger partial charge in [0, 0.05) is 11.5 Å². The van der Waals surface area contributed by atoms with Crippen molar-refractivity contribution in [3.8, 4) is 0 Å². The molecule has 0 radical (unpaired) electrons. The fourth-order valence-corrected chi connectivity index (χ4v) is 7.00. The molecular formula is C26H18BrNO3. The van der Waals surface area contributed by atoms with Crippen LogP contribution in [0.5, 0.6) is 0 Å². The zero-order valence-corrected chi connectivity index (χ0v) is 18.3. The van der Waals surface area contributed by atoms with Crippen molar-refractivity contribution in [3.63, 3.8) is 0 Å². The van der Waals surface area contributed by atoms with Crippen molar-refractivity contribution in [2.75, 3.05) is 4.90 Å². The molecule has 4 aliphatic rings. The molecule has 2 bridgehead atoms. The average Bonchev–Trinajstić information content (AvgIpc) is 3.06. The first-order chi connectivity index (χ1) is 14.9. The zero-order chi connectivity index (χ0) is 21.5. The Balaban J connectivity index is 1.58. The van der Waals surface area contributed by atoms with Gasteiger partial charge in [0.05, 0.1) is 21.8 Å². The highest BCUT2D eigenvalue weighted by Crippen LogP contribution is 2.66. The predicted molar refractivity (Wildman–Crippen MR) is 120 cm³/mol. The lowest BCUT2D eigenvalue weighted by atomic mass is 9.55. The Labute approximate surface area is 188 Å². The summed E-state index contributed by atoms with van der Waals surface area (Å²) in [5.41, 5.74) is 5.25. The molecule has 3 aromatic rings. The quantitative estimate of drug-likeness (QED) is 0.306. The van der Waals surface area contributed by atoms with Gasteiger partial charge in [-0.25, -0.2) is 4.90 Å². The number of halogens is 1. The Hall–Kier alpha value is -3.05. The van der Waals surface area contributed by atoms with Crippen LogP contribution in [0.1, 0.15) is 45.5 Å². The number of alkyl halides is 1. The number of hydrogen-bond acceptors (Lipinski definition) is 3. The molecule has 5 heteroatoms. The fraction of sp³-hybridized carbons (Fsp3) is 0.192. The summed E-state index contributed by atoms with van der Waals surface area (Å²) in [7, 11) is 0. The maximum atomic E-state index is 13.8. The van der Waals surface area contributed by atoms with E-state index in [1.165, 1.54) is 11.8 Å². The Bertz CT molecular complexity index is 1270. The van der Waals surface area contributed by atoms with Gasteiger partial charge in [0.15, 0.2) is 5.78 Å². The number of nitrogens with zero attached hydrogens (tertiary/aromatic N) is 1. The average molecular weight is 472 g/mol. The van der Waals surface area contributed by atoms with Crippen LogP contribution in [0.2, 0.25) is 0 Å². The second kappa shape index (κ2) is 6.24. The molecule has 2 atom stereocenters. The van der Waals surface area contributed by atoms with Gasteiger partial charge >= 0.3 is 0 Å². The van der Waals surface area contributed by atoms with Gasteiger partial charge in [-0.1, -0.05) is 76.6 Å². The Morgan fingerprint density at radius 2 is 1.48 bits per heavy atom. The van der Waals surface area contributed by atoms with Crippen molar-refractivity contribution in [1.29, 1.82) is 0 Å². The highest BCUT2D eigenvalue weighted by Gasteiger charge is 2.67. The van der Waals surface area contributed by atoms with Gasteiger partial charge in [-0.3, -0.25) is 14.4 Å². The molecule has 7 rings (SSSR count). The topological polar surface area (TPSA) is 54.5 Å². The van der Waals surface area contributed by atoms with Gasteiger partial charge in [0.1, 0.15) is 0 Å². The van der Waals surface area contributed by atoms with Crippen molar-refractivity contribution in [2.45, 2.75) is 17.2 Å². The van der Waals surface area contributed by atoms with Gasteiger partial charge in [-0.05, 0) is 41.3 Å². The highest BCUT2D eigenvalue weighted by atomic mass is 79.9. The molecule has 0 saturated carbocycles. The summed E-state index contributed by atoms with van der Waals surface area (Å²) in [5.74, 6) is -1.73. The van der Waals surface area contributed by atoms with Crippen LogP contribution in [0.15, 0.2) is 72.8 Å². The van der Waals surface area contributed by atoms with Gasteiger partial charge < -0.3 is 0 Å². The number of anilines is 1. The lowest BCUT2D eigenvalue weighted by Crippen LogP contribution is -2.50. The summed E-state index contributed by atoms with van der Waals surface area (Å²) in [6, 6.07) is 23.0. The van der Waals surface area contributed by atoms with Crippen molar-refractivity contribution < 1.29 is 14.4 Å². The maximum absolute atomic E-state index is 13.8. The molecule has 0 aromatic heterocycles. The van der Waals surface area contributed by atoms with E-state index in [1.807, 2.05) is 24.3 Å². The van der Waals surface area contributed by atoms with Gasteiger partial charge in [-0.15, -0.1) is 0 Å². The van der Waals surface area contributed by atoms with Crippen LogP contribution in [0.25, 0.3) is 0 Å². The summed E-state index contributed by atoms with van der Waals surface area (Å²) in [6.07, 6.45) is 0. The first-order valence-corrected chi connectivity index (χ1v) is 11.1. The first-order valence-electron chi connectivity index (χ1n) is 10.3. The number of rotatable bonds is 2. The van der Waals surface area contributed by atoms with Crippen LogP contribution >= 0.6 is 15.9 Å². The summed E-state index contributed by atoms with van der Waals surface area (Å²) in [4.78, 5) is 40.8. The van der Waals surface area contributed by atoms with E-state index in [2.05, 4.69) is 40.2 Å². The Kier molecular flexibility index (Phi) is 3.76. The van der Waals surface area contributed by atoms with Crippen molar-refractivity contribution >= 4 is 39.2 Å². The van der Waals surface area contributed by atoms with Crippen LogP contribution in [0, 0.1) is 11.8 Å². The Morgan fingerprint density at radius 3 is 2.10 bits per heavy atom. The van der Waals surface area contributed by atoms with Crippen molar-refractivity contribution in [3.05, 3.63) is 101 Å². The summed E-state index contributed by atoms with van der Waals surface area (Å²) in [5, 5.41) is 0. The van der Waals surface area contributed by atoms with E-state index in [0.29, 0.717) is 11.3 Å². The van der Waals surface area contributed by atoms with Crippen LogP contribution in [-0.2, 0) is 13.9 Å². The molecule has 2 amide bonds. The van der Waals surface area contributed by atoms with E-state index < -0.39 is 16.2 Å². The van der Waals surface area contributed by atoms with E-state index in [-0.39, 0.29) is 23.5 Å². The maximum Gasteiger partial charge on any atom is 0.239 e. The van der Waals surface area contributed by atoms with E-state index >= 15 is 0 Å². The second-order valence-corrected chi connectivity index (χ2v) is 9.74. The fourth-order valence-electron chi connectivity index (χ4n) is 5.80. The van der Waals surface area contributed by atoms with Crippen LogP contribution in [0.4, 0.5) is 5.69 Å². The third kappa shape index (κ3) is 2.22. The largest absolute Gasteiger partial charge is 0.295 e. The molecule has 1 fully saturated rings. The summed E-state index contributed by atoms with van der Waals surface area (Å²) < 4.78 is -0.765. The number of hydrogen-bond donors (Lipinski definition) is 0. The van der Waals surface area contributed by atoms with Gasteiger partial charge in [-0.2, -0.15) is 0 Å². The molecule has 1 heterocycles. The van der Waals surface area contributed by atoms with Crippen LogP contribution in [-0.4, -0.2) is 17.6 Å². The third-order valence-electron chi connectivity index (χ3n) is 7.03. The van der Waals surface area contributed by atoms with E-state index in [4.69, 9.17) is 0 Å². The molecule has 1 saturated heterocycles. The molecule has 0 unspecified atom stereocenters. The molecule has 3 aliphatic carbocycles. The van der Waals surface area contributed by atoms with E-state index in [0.717, 1.165) is 22.3 Å². The lowest BCUT2D eigenvalue weighted by Gasteiger charge is -2.51. The number of ketones is 1. The molecular weight excluding hydrogens is 454 g/mol. The molecule has 0 N–H and O–H groups in total. The second-order valence-electron chi connectivity index (χ2n) is 8.49. The van der Waals surface area contributed by atoms with Gasteiger partial charge in [0.25, 0.3) is 0 Å². The number of benzene rings is 3. The lowest BCUT2D eigenvalue weighted by molar-refractivity contribution is -0.122. The SMILES string of the molecule is CC(=O)c1cccc(N2C(=O)[C@@H]3C4c5ccccc5C(Br)(c5ccccc54)[C@H]3C2=O)c1. The third-order valence-corrected chi connectivity index (χ3v) is 8.37. The summed E-state index contributed by atoms with van der Waals surface area (Å²) >= 11 is 3.99. The molecule has 1 aliphatic heterocycles. The minimum atomic E-state index is -0.765.